The molecule has 0 saturated carbocycles. The minimum Gasteiger partial charge on any atom is -0.462 e. The van der Waals surface area contributed by atoms with Crippen LogP contribution in [0.2, 0.25) is 0 Å². The molecule has 0 radical (unpaired) electrons. The van der Waals surface area contributed by atoms with Crippen LogP contribution >= 0.6 is 7.82 Å². The summed E-state index contributed by atoms with van der Waals surface area (Å²) in [6, 6.07) is 0. The van der Waals surface area contributed by atoms with Crippen molar-refractivity contribution in [1.82, 2.24) is 0 Å². The molecular weight excluding hydrogens is 1030 g/mol. The Hall–Kier alpha value is -2.81. The number of unbranched alkanes of at least 4 members (excludes halogenated alkanes) is 37. The molecule has 0 amide bonds. The van der Waals surface area contributed by atoms with E-state index in [9.17, 15) is 19.0 Å². The first kappa shape index (κ1) is 78.2. The molecule has 0 aliphatic heterocycles. The number of nitrogens with two attached hydrogens (primary N) is 1. The third-order valence-corrected chi connectivity index (χ3v) is 15.7. The maximum absolute atomic E-state index is 12.7. The van der Waals surface area contributed by atoms with E-state index < -0.39 is 26.5 Å². The molecule has 81 heavy (non-hydrogen) atoms. The van der Waals surface area contributed by atoms with Crippen LogP contribution in [0.1, 0.15) is 322 Å². The monoisotopic (exact) mass is 1150 g/mol. The molecule has 9 nitrogen and oxygen atoms in total. The zero-order valence-electron chi connectivity index (χ0n) is 52.8. The Morgan fingerprint density at radius 3 is 1.01 bits per heavy atom. The Balaban J connectivity index is 3.78. The molecule has 0 bridgehead atoms. The first-order valence-corrected chi connectivity index (χ1v) is 35.6. The lowest BCUT2D eigenvalue weighted by molar-refractivity contribution is -0.161. The van der Waals surface area contributed by atoms with E-state index in [0.29, 0.717) is 6.42 Å². The SMILES string of the molecule is CC/C=C\C/C=C\C/C=C\C/C=C\C/C=C\CCCCCCCCCCCCCCCCCCCCCCCCCCCC(=O)OC(COC(=O)CCCCCCCCCCC/C=C\C/C=C\CCCCC)COP(=O)(O)OCCN. The molecule has 2 atom stereocenters. The van der Waals surface area contributed by atoms with E-state index >= 15 is 0 Å². The van der Waals surface area contributed by atoms with Crippen LogP contribution in [-0.4, -0.2) is 49.3 Å². The molecule has 0 aliphatic carbocycles. The summed E-state index contributed by atoms with van der Waals surface area (Å²) in [5, 5.41) is 0. The highest BCUT2D eigenvalue weighted by Crippen LogP contribution is 2.43. The number of hydrogen-bond acceptors (Lipinski definition) is 8. The highest BCUT2D eigenvalue weighted by Gasteiger charge is 2.26. The Morgan fingerprint density at radius 1 is 0.383 bits per heavy atom. The van der Waals surface area contributed by atoms with E-state index in [2.05, 4.69) is 98.9 Å². The summed E-state index contributed by atoms with van der Waals surface area (Å²) < 4.78 is 33.1. The number of hydrogen-bond donors (Lipinski definition) is 2. The van der Waals surface area contributed by atoms with Gasteiger partial charge in [-0.2, -0.15) is 0 Å². The van der Waals surface area contributed by atoms with Gasteiger partial charge in [-0.15, -0.1) is 0 Å². The van der Waals surface area contributed by atoms with Crippen molar-refractivity contribution in [1.29, 1.82) is 0 Å². The number of ether oxygens (including phenoxy) is 2. The van der Waals surface area contributed by atoms with Gasteiger partial charge in [0.05, 0.1) is 13.2 Å². The minimum atomic E-state index is -4.39. The van der Waals surface area contributed by atoms with Crippen LogP contribution in [0, 0.1) is 0 Å². The van der Waals surface area contributed by atoms with Gasteiger partial charge in [0.15, 0.2) is 6.10 Å². The molecule has 3 N–H and O–H groups in total. The van der Waals surface area contributed by atoms with Crippen LogP contribution in [0.25, 0.3) is 0 Å². The van der Waals surface area contributed by atoms with Crippen molar-refractivity contribution in [3.05, 3.63) is 85.1 Å². The van der Waals surface area contributed by atoms with Crippen LogP contribution in [0.3, 0.4) is 0 Å². The molecule has 2 unspecified atom stereocenters. The molecule has 10 heteroatoms. The number of phosphoric acid groups is 1. The third-order valence-electron chi connectivity index (χ3n) is 14.8. The van der Waals surface area contributed by atoms with Crippen molar-refractivity contribution in [2.75, 3.05) is 26.4 Å². The number of carbonyl (C=O) groups excluding carboxylic acids is 2. The quantitative estimate of drug-likeness (QED) is 0.0264. The summed E-state index contributed by atoms with van der Waals surface area (Å²) in [5.41, 5.74) is 5.39. The highest BCUT2D eigenvalue weighted by atomic mass is 31.2. The Kier molecular flexibility index (Phi) is 64.0. The number of phosphoric ester groups is 1. The summed E-state index contributed by atoms with van der Waals surface area (Å²) >= 11 is 0. The molecule has 0 saturated heterocycles. The minimum absolute atomic E-state index is 0.0525. The average Bonchev–Trinajstić information content (AvgIpc) is 3.46. The predicted octanol–water partition coefficient (Wildman–Crippen LogP) is 22.2. The van der Waals surface area contributed by atoms with Crippen LogP contribution in [0.4, 0.5) is 0 Å². The topological polar surface area (TPSA) is 134 Å². The van der Waals surface area contributed by atoms with Gasteiger partial charge in [-0.25, -0.2) is 4.57 Å². The summed E-state index contributed by atoms with van der Waals surface area (Å²) in [4.78, 5) is 35.3. The van der Waals surface area contributed by atoms with Crippen LogP contribution in [0.5, 0.6) is 0 Å². The summed E-state index contributed by atoms with van der Waals surface area (Å²) in [6.45, 7) is 3.64. The number of rotatable bonds is 64. The maximum Gasteiger partial charge on any atom is 0.472 e. The largest absolute Gasteiger partial charge is 0.472 e. The van der Waals surface area contributed by atoms with Crippen molar-refractivity contribution in [2.24, 2.45) is 5.73 Å². The van der Waals surface area contributed by atoms with Crippen molar-refractivity contribution >= 4 is 19.8 Å². The van der Waals surface area contributed by atoms with Gasteiger partial charge in [0.1, 0.15) is 6.61 Å². The predicted molar refractivity (Wildman–Crippen MR) is 349 cm³/mol. The molecule has 0 aromatic carbocycles. The van der Waals surface area contributed by atoms with Gasteiger partial charge < -0.3 is 20.1 Å². The van der Waals surface area contributed by atoms with Crippen LogP contribution in [-0.2, 0) is 32.7 Å². The Morgan fingerprint density at radius 2 is 0.679 bits per heavy atom. The van der Waals surface area contributed by atoms with Gasteiger partial charge in [0, 0.05) is 19.4 Å². The summed E-state index contributed by atoms with van der Waals surface area (Å²) in [5.74, 6) is -0.820. The smallest absolute Gasteiger partial charge is 0.462 e. The third kappa shape index (κ3) is 66.2. The second-order valence-electron chi connectivity index (χ2n) is 22.7. The number of carbonyl (C=O) groups is 2. The fourth-order valence-corrected chi connectivity index (χ4v) is 10.5. The van der Waals surface area contributed by atoms with E-state index in [1.54, 1.807) is 0 Å². The fraction of sp³-hybridized carbons (Fsp3) is 0.775. The molecule has 0 aromatic heterocycles. The van der Waals surface area contributed by atoms with Gasteiger partial charge >= 0.3 is 19.8 Å². The zero-order valence-corrected chi connectivity index (χ0v) is 53.7. The van der Waals surface area contributed by atoms with Gasteiger partial charge in [0.25, 0.3) is 0 Å². The number of esters is 2. The van der Waals surface area contributed by atoms with E-state index in [-0.39, 0.29) is 38.6 Å². The fourth-order valence-electron chi connectivity index (χ4n) is 9.76. The average molecular weight is 1150 g/mol. The van der Waals surface area contributed by atoms with Gasteiger partial charge in [-0.05, 0) is 89.9 Å². The van der Waals surface area contributed by atoms with Crippen LogP contribution in [0.15, 0.2) is 85.1 Å². The first-order chi connectivity index (χ1) is 39.8. The van der Waals surface area contributed by atoms with Crippen molar-refractivity contribution in [3.8, 4) is 0 Å². The highest BCUT2D eigenvalue weighted by molar-refractivity contribution is 7.47. The van der Waals surface area contributed by atoms with Crippen molar-refractivity contribution in [2.45, 2.75) is 328 Å². The molecule has 0 aromatic rings. The van der Waals surface area contributed by atoms with Crippen molar-refractivity contribution < 1.29 is 37.6 Å². The lowest BCUT2D eigenvalue weighted by Gasteiger charge is -2.19. The Labute approximate surface area is 500 Å². The van der Waals surface area contributed by atoms with E-state index in [1.807, 2.05) is 0 Å². The maximum atomic E-state index is 12.7. The molecule has 0 heterocycles. The van der Waals surface area contributed by atoms with E-state index in [1.165, 1.54) is 218 Å². The summed E-state index contributed by atoms with van der Waals surface area (Å²) in [7, 11) is -4.39. The normalized spacial score (nSPS) is 13.5. The zero-order chi connectivity index (χ0) is 58.7. The molecule has 0 spiro atoms. The molecule has 0 aliphatic rings. The van der Waals surface area contributed by atoms with Crippen LogP contribution < -0.4 is 5.73 Å². The molecule has 0 fully saturated rings. The second kappa shape index (κ2) is 66.3. The van der Waals surface area contributed by atoms with Gasteiger partial charge in [-0.3, -0.25) is 18.6 Å². The van der Waals surface area contributed by atoms with E-state index in [0.717, 1.165) is 70.6 Å². The first-order valence-electron chi connectivity index (χ1n) is 34.1. The lowest BCUT2D eigenvalue weighted by Crippen LogP contribution is -2.29. The van der Waals surface area contributed by atoms with Gasteiger partial charge in [-0.1, -0.05) is 304 Å². The van der Waals surface area contributed by atoms with Crippen molar-refractivity contribution in [3.63, 3.8) is 0 Å². The van der Waals surface area contributed by atoms with Gasteiger partial charge in [0.2, 0.25) is 0 Å². The molecule has 470 valence electrons. The molecule has 0 rings (SSSR count). The summed E-state index contributed by atoms with van der Waals surface area (Å²) in [6.07, 6.45) is 88.3. The molecular formula is C71H128NO8P. The second-order valence-corrected chi connectivity index (χ2v) is 24.1. The standard InChI is InChI=1S/C71H128NO8P/c1-3-5-7-9-11-13-15-17-19-21-23-24-25-26-27-28-29-30-31-32-33-34-35-36-37-38-39-40-41-42-43-44-46-48-50-52-54-56-58-60-62-64-71(74)80-69(68-79-81(75,76)78-66-65-72)67-77-70(73)63-61-59-57-55-53-51-49-47-45-22-20-18-16-14-12-10-8-6-4-2/h5,7,11-14,17-20,23-24,26-27,69H,3-4,6,8-10,15-16,21-22,25,28-68,72H2,1-2H3,(H,75,76)/b7-5-,13-11-,14-12-,19-17-,20-18-,24-23-,27-26-. The van der Waals surface area contributed by atoms with E-state index in [4.69, 9.17) is 24.3 Å². The lowest BCUT2D eigenvalue weighted by atomic mass is 10.0. The number of allylic oxidation sites excluding steroid dienone is 14. The Bertz CT molecular complexity index is 1600.